The summed E-state index contributed by atoms with van der Waals surface area (Å²) in [6.07, 6.45) is 0. The van der Waals surface area contributed by atoms with E-state index in [-0.39, 0.29) is 0 Å². The molecule has 0 radical (unpaired) electrons. The Bertz CT molecular complexity index is 2880. The van der Waals surface area contributed by atoms with E-state index in [1.54, 1.807) is 0 Å². The molecule has 0 unspecified atom stereocenters. The van der Waals surface area contributed by atoms with Crippen LogP contribution < -0.4 is 4.90 Å². The van der Waals surface area contributed by atoms with E-state index in [0.29, 0.717) is 12.0 Å². The standard InChI is InChI=1S/C21H17N.C18H15N.C15H15N.C4H10/c1-13(2)14-11-17-15-7-3-5-9-19(15)22-20-10-6-4-8-16(20)18(12-14)21(17)22;1-4-10-16(11-5-1)19(17-12-6-2-7-13-17)18-14-8-3-9-15-18;1-11(2)16-14-9-5-3-7-12(14)13-8-4-6-10-15(13)16;1-4(2)3/h3-13H,1-2H3;1-15H;3-11H,1-2H3;4H,1-3H3. The first-order valence-electron chi connectivity index (χ1n) is 21.8. The van der Waals surface area contributed by atoms with Crippen LogP contribution in [-0.2, 0) is 0 Å². The molecule has 304 valence electrons. The first-order chi connectivity index (χ1) is 29.7. The van der Waals surface area contributed by atoms with Crippen molar-refractivity contribution in [1.82, 2.24) is 8.97 Å². The Balaban J connectivity index is 0.000000122. The lowest BCUT2D eigenvalue weighted by atomic mass is 9.97. The van der Waals surface area contributed by atoms with Crippen molar-refractivity contribution in [2.75, 3.05) is 4.90 Å². The van der Waals surface area contributed by atoms with Crippen LogP contribution in [0.3, 0.4) is 0 Å². The van der Waals surface area contributed by atoms with Gasteiger partial charge < -0.3 is 13.9 Å². The zero-order chi connectivity index (χ0) is 42.5. The fourth-order valence-electron chi connectivity index (χ4n) is 8.49. The van der Waals surface area contributed by atoms with Crippen molar-refractivity contribution >= 4 is 77.0 Å². The Hall–Kier alpha value is -6.84. The maximum Gasteiger partial charge on any atom is 0.0620 e. The lowest BCUT2D eigenvalue weighted by Gasteiger charge is -2.25. The predicted molar refractivity (Wildman–Crippen MR) is 267 cm³/mol. The van der Waals surface area contributed by atoms with E-state index in [2.05, 4.69) is 244 Å². The molecule has 3 nitrogen and oxygen atoms in total. The van der Waals surface area contributed by atoms with E-state index in [4.69, 9.17) is 0 Å². The third-order valence-corrected chi connectivity index (χ3v) is 11.1. The molecule has 0 spiro atoms. The van der Waals surface area contributed by atoms with Gasteiger partial charge in [-0.3, -0.25) is 0 Å². The van der Waals surface area contributed by atoms with Crippen molar-refractivity contribution in [2.24, 2.45) is 5.92 Å². The largest absolute Gasteiger partial charge is 0.338 e. The third kappa shape index (κ3) is 8.34. The molecule has 3 heterocycles. The number of benzene rings is 8. The zero-order valence-corrected chi connectivity index (χ0v) is 36.6. The van der Waals surface area contributed by atoms with Crippen LogP contribution in [-0.4, -0.2) is 8.97 Å². The monoisotopic (exact) mass is 795 g/mol. The van der Waals surface area contributed by atoms with Crippen LogP contribution in [0.15, 0.2) is 200 Å². The van der Waals surface area contributed by atoms with Crippen LogP contribution in [0.2, 0.25) is 0 Å². The van der Waals surface area contributed by atoms with E-state index in [1.807, 2.05) is 18.2 Å². The number of aromatic nitrogens is 2. The summed E-state index contributed by atoms with van der Waals surface area (Å²) in [4.78, 5) is 2.25. The quantitative estimate of drug-likeness (QED) is 0.169. The lowest BCUT2D eigenvalue weighted by Crippen LogP contribution is -2.09. The summed E-state index contributed by atoms with van der Waals surface area (Å²) in [5.41, 5.74) is 11.6. The lowest BCUT2D eigenvalue weighted by molar-refractivity contribution is 0.642. The highest BCUT2D eigenvalue weighted by atomic mass is 15.1. The Labute approximate surface area is 361 Å². The van der Waals surface area contributed by atoms with E-state index >= 15 is 0 Å². The minimum absolute atomic E-state index is 0.491. The Morgan fingerprint density at radius 1 is 0.344 bits per heavy atom. The molecule has 0 aliphatic rings. The first-order valence-corrected chi connectivity index (χ1v) is 21.8. The molecule has 0 bridgehead atoms. The molecule has 61 heavy (non-hydrogen) atoms. The molecule has 3 heteroatoms. The Morgan fingerprint density at radius 3 is 0.967 bits per heavy atom. The van der Waals surface area contributed by atoms with Crippen molar-refractivity contribution in [1.29, 1.82) is 0 Å². The van der Waals surface area contributed by atoms with Crippen molar-refractivity contribution in [3.63, 3.8) is 0 Å². The van der Waals surface area contributed by atoms with Crippen molar-refractivity contribution in [2.45, 2.75) is 60.4 Å². The van der Waals surface area contributed by atoms with E-state index in [1.165, 1.54) is 82.5 Å². The van der Waals surface area contributed by atoms with Gasteiger partial charge in [-0.25, -0.2) is 0 Å². The smallest absolute Gasteiger partial charge is 0.0620 e. The SMILES string of the molecule is CC(C)C.CC(C)c1cc2c3ccccc3n3c4ccccc4c(c1)c23.CC(C)n1c2ccccc2c2ccccc21.c1ccc(N(c2ccccc2)c2ccccc2)cc1. The second kappa shape index (κ2) is 18.2. The molecule has 8 aromatic carbocycles. The zero-order valence-electron chi connectivity index (χ0n) is 36.6. The van der Waals surface area contributed by atoms with Crippen molar-refractivity contribution < 1.29 is 0 Å². The summed E-state index contributed by atoms with van der Waals surface area (Å²) in [5.74, 6) is 1.37. The van der Waals surface area contributed by atoms with Crippen LogP contribution >= 0.6 is 0 Å². The second-order valence-electron chi connectivity index (χ2n) is 17.1. The maximum atomic E-state index is 2.43. The molecule has 0 fully saturated rings. The number of nitrogens with zero attached hydrogens (tertiary/aromatic N) is 3. The summed E-state index contributed by atoms with van der Waals surface area (Å²) in [7, 11) is 0. The molecule has 11 rings (SSSR count). The Morgan fingerprint density at radius 2 is 0.639 bits per heavy atom. The van der Waals surface area contributed by atoms with E-state index in [9.17, 15) is 0 Å². The average Bonchev–Trinajstić information content (AvgIpc) is 3.93. The van der Waals surface area contributed by atoms with Crippen LogP contribution in [0.1, 0.15) is 66.0 Å². The maximum absolute atomic E-state index is 2.43. The number of hydrogen-bond donors (Lipinski definition) is 0. The molecule has 0 saturated carbocycles. The van der Waals surface area contributed by atoms with Gasteiger partial charge in [0.25, 0.3) is 0 Å². The van der Waals surface area contributed by atoms with E-state index in [0.717, 1.165) is 5.92 Å². The molecule has 3 aromatic heterocycles. The highest BCUT2D eigenvalue weighted by Crippen LogP contribution is 2.41. The molecule has 11 aromatic rings. The van der Waals surface area contributed by atoms with Gasteiger partial charge in [0.15, 0.2) is 0 Å². The van der Waals surface area contributed by atoms with Gasteiger partial charge in [0.1, 0.15) is 0 Å². The summed E-state index contributed by atoms with van der Waals surface area (Å²) in [5, 5.41) is 8.19. The third-order valence-electron chi connectivity index (χ3n) is 11.1. The second-order valence-corrected chi connectivity index (χ2v) is 17.1. The molecule has 0 aliphatic heterocycles. The molecule has 0 atom stereocenters. The summed E-state index contributed by atoms with van der Waals surface area (Å²) in [6.45, 7) is 15.5. The number of fused-ring (bicyclic) bond motifs is 9. The first kappa shape index (κ1) is 40.9. The average molecular weight is 796 g/mol. The summed E-state index contributed by atoms with van der Waals surface area (Å²) >= 11 is 0. The number of anilines is 3. The molecule has 0 saturated heterocycles. The van der Waals surface area contributed by atoms with Crippen LogP contribution in [0, 0.1) is 5.92 Å². The van der Waals surface area contributed by atoms with E-state index < -0.39 is 0 Å². The van der Waals surface area contributed by atoms with Gasteiger partial charge in [-0.1, -0.05) is 162 Å². The molecular formula is C58H57N3. The fraction of sp³-hybridized carbons (Fsp3) is 0.172. The summed E-state index contributed by atoms with van der Waals surface area (Å²) in [6, 6.07) is 71.3. The van der Waals surface area contributed by atoms with Gasteiger partial charge in [-0.15, -0.1) is 0 Å². The molecule has 0 amide bonds. The molecule has 0 aliphatic carbocycles. The minimum atomic E-state index is 0.491. The van der Waals surface area contributed by atoms with Crippen LogP contribution in [0.25, 0.3) is 59.9 Å². The number of hydrogen-bond acceptors (Lipinski definition) is 1. The van der Waals surface area contributed by atoms with Gasteiger partial charge in [0, 0.05) is 66.5 Å². The number of para-hydroxylation sites is 7. The fourth-order valence-corrected chi connectivity index (χ4v) is 8.49. The van der Waals surface area contributed by atoms with Gasteiger partial charge in [-0.2, -0.15) is 0 Å². The number of rotatable bonds is 5. The molecule has 0 N–H and O–H groups in total. The van der Waals surface area contributed by atoms with Crippen molar-refractivity contribution in [3.8, 4) is 0 Å². The molecular weight excluding hydrogens is 739 g/mol. The van der Waals surface area contributed by atoms with Crippen LogP contribution in [0.4, 0.5) is 17.1 Å². The highest BCUT2D eigenvalue weighted by Gasteiger charge is 2.18. The minimum Gasteiger partial charge on any atom is -0.338 e. The van der Waals surface area contributed by atoms with Gasteiger partial charge >= 0.3 is 0 Å². The summed E-state index contributed by atoms with van der Waals surface area (Å²) < 4.78 is 4.84. The normalized spacial score (nSPS) is 11.3. The highest BCUT2D eigenvalue weighted by molar-refractivity contribution is 6.23. The van der Waals surface area contributed by atoms with Gasteiger partial charge in [0.05, 0.1) is 16.6 Å². The van der Waals surface area contributed by atoms with Gasteiger partial charge in [-0.05, 0) is 104 Å². The van der Waals surface area contributed by atoms with Crippen LogP contribution in [0.5, 0.6) is 0 Å². The van der Waals surface area contributed by atoms with Gasteiger partial charge in [0.2, 0.25) is 0 Å². The Kier molecular flexibility index (Phi) is 12.2. The van der Waals surface area contributed by atoms with Crippen molar-refractivity contribution in [3.05, 3.63) is 206 Å². The topological polar surface area (TPSA) is 12.6 Å². The predicted octanol–water partition coefficient (Wildman–Crippen LogP) is 17.2.